The Hall–Kier alpha value is -1.82. The van der Waals surface area contributed by atoms with Gasteiger partial charge in [-0.1, -0.05) is 19.6 Å². The third-order valence-electron chi connectivity index (χ3n) is 4.01. The molecule has 1 heterocycles. The molecule has 0 atom stereocenters. The van der Waals surface area contributed by atoms with E-state index in [-0.39, 0.29) is 19.0 Å². The first-order valence-corrected chi connectivity index (χ1v) is 11.5. The minimum absolute atomic E-state index is 0.146. The Bertz CT molecular complexity index is 631. The first kappa shape index (κ1) is 17.5. The summed E-state index contributed by atoms with van der Waals surface area (Å²) >= 11 is 0. The first-order valence-electron chi connectivity index (χ1n) is 7.76. The van der Waals surface area contributed by atoms with Gasteiger partial charge in [-0.15, -0.1) is 0 Å². The SMILES string of the molecule is COc1c(C)c2c(c(OCC[Si](C)(C)C)c1CC=O)C(=O)OC2. The molecule has 0 aromatic heterocycles. The molecule has 6 heteroatoms. The maximum absolute atomic E-state index is 12.1. The zero-order valence-electron chi connectivity index (χ0n) is 14.4. The average molecular weight is 336 g/mol. The number of ether oxygens (including phenoxy) is 3. The van der Waals surface area contributed by atoms with Crippen LogP contribution in [-0.2, 0) is 22.6 Å². The van der Waals surface area contributed by atoms with Crippen molar-refractivity contribution in [1.82, 2.24) is 0 Å². The topological polar surface area (TPSA) is 61.8 Å². The van der Waals surface area contributed by atoms with Crippen LogP contribution < -0.4 is 9.47 Å². The molecular formula is C17H24O5Si. The Morgan fingerprint density at radius 2 is 1.96 bits per heavy atom. The predicted octanol–water partition coefficient (Wildman–Crippen LogP) is 3.13. The minimum atomic E-state index is -1.26. The average Bonchev–Trinajstić information content (AvgIpc) is 2.84. The van der Waals surface area contributed by atoms with Gasteiger partial charge in [0.15, 0.2) is 0 Å². The van der Waals surface area contributed by atoms with Crippen molar-refractivity contribution in [2.24, 2.45) is 0 Å². The summed E-state index contributed by atoms with van der Waals surface area (Å²) < 4.78 is 16.6. The molecule has 0 aliphatic carbocycles. The second-order valence-corrected chi connectivity index (χ2v) is 12.5. The molecule has 0 unspecified atom stereocenters. The zero-order valence-corrected chi connectivity index (χ0v) is 15.4. The predicted molar refractivity (Wildman–Crippen MR) is 90.3 cm³/mol. The highest BCUT2D eigenvalue weighted by atomic mass is 28.3. The van der Waals surface area contributed by atoms with Crippen LogP contribution in [0.1, 0.15) is 27.0 Å². The van der Waals surface area contributed by atoms with Gasteiger partial charge in [0.2, 0.25) is 0 Å². The van der Waals surface area contributed by atoms with E-state index in [2.05, 4.69) is 19.6 Å². The largest absolute Gasteiger partial charge is 0.496 e. The highest BCUT2D eigenvalue weighted by molar-refractivity contribution is 6.76. The molecule has 23 heavy (non-hydrogen) atoms. The summed E-state index contributed by atoms with van der Waals surface area (Å²) in [4.78, 5) is 23.2. The van der Waals surface area contributed by atoms with Crippen molar-refractivity contribution in [2.75, 3.05) is 13.7 Å². The van der Waals surface area contributed by atoms with Crippen LogP contribution in [0.25, 0.3) is 0 Å². The Morgan fingerprint density at radius 3 is 2.52 bits per heavy atom. The van der Waals surface area contributed by atoms with Gasteiger partial charge in [-0.3, -0.25) is 0 Å². The fourth-order valence-corrected chi connectivity index (χ4v) is 3.43. The van der Waals surface area contributed by atoms with E-state index in [4.69, 9.17) is 14.2 Å². The Morgan fingerprint density at radius 1 is 1.26 bits per heavy atom. The molecule has 0 fully saturated rings. The number of carbonyl (C=O) groups is 2. The smallest absolute Gasteiger partial charge is 0.342 e. The molecule has 0 radical (unpaired) electrons. The van der Waals surface area contributed by atoms with E-state index in [1.165, 1.54) is 0 Å². The molecule has 5 nitrogen and oxygen atoms in total. The maximum atomic E-state index is 12.1. The van der Waals surface area contributed by atoms with Gasteiger partial charge >= 0.3 is 5.97 Å². The van der Waals surface area contributed by atoms with Crippen molar-refractivity contribution in [3.05, 3.63) is 22.3 Å². The summed E-state index contributed by atoms with van der Waals surface area (Å²) in [5, 5.41) is 0. The van der Waals surface area contributed by atoms with Gasteiger partial charge in [0.1, 0.15) is 30.0 Å². The van der Waals surface area contributed by atoms with Crippen LogP contribution in [0, 0.1) is 6.92 Å². The number of hydrogen-bond acceptors (Lipinski definition) is 5. The van der Waals surface area contributed by atoms with Crippen molar-refractivity contribution in [3.8, 4) is 11.5 Å². The van der Waals surface area contributed by atoms with E-state index in [0.29, 0.717) is 29.2 Å². The van der Waals surface area contributed by atoms with E-state index in [9.17, 15) is 9.59 Å². The zero-order chi connectivity index (χ0) is 17.2. The van der Waals surface area contributed by atoms with Crippen LogP contribution in [0.5, 0.6) is 11.5 Å². The summed E-state index contributed by atoms with van der Waals surface area (Å²) in [7, 11) is 0.298. The fourth-order valence-electron chi connectivity index (χ4n) is 2.71. The lowest BCUT2D eigenvalue weighted by atomic mass is 9.95. The molecular weight excluding hydrogens is 312 g/mol. The first-order chi connectivity index (χ1) is 10.8. The summed E-state index contributed by atoms with van der Waals surface area (Å²) in [5.41, 5.74) is 2.72. The van der Waals surface area contributed by atoms with Gasteiger partial charge in [0.05, 0.1) is 13.7 Å². The molecule has 0 N–H and O–H groups in total. The number of methoxy groups -OCH3 is 1. The van der Waals surface area contributed by atoms with Crippen LogP contribution in [0.2, 0.25) is 25.7 Å². The van der Waals surface area contributed by atoms with Gasteiger partial charge < -0.3 is 19.0 Å². The molecule has 1 aliphatic rings. The second kappa shape index (κ2) is 6.74. The van der Waals surface area contributed by atoms with Crippen molar-refractivity contribution >= 4 is 20.3 Å². The van der Waals surface area contributed by atoms with Crippen molar-refractivity contribution in [3.63, 3.8) is 0 Å². The van der Waals surface area contributed by atoms with Crippen LogP contribution >= 0.6 is 0 Å². The lowest BCUT2D eigenvalue weighted by Crippen LogP contribution is -2.23. The molecule has 0 saturated heterocycles. The standard InChI is InChI=1S/C17H24O5Si/c1-11-13-10-22-17(19)14(13)16(21-8-9-23(3,4)5)12(6-7-18)15(11)20-2/h7H,6,8-10H2,1-5H3. The molecule has 2 rings (SSSR count). The molecule has 0 saturated carbocycles. The van der Waals surface area contributed by atoms with Crippen LogP contribution in [0.15, 0.2) is 0 Å². The highest BCUT2D eigenvalue weighted by Gasteiger charge is 2.33. The molecule has 126 valence electrons. The van der Waals surface area contributed by atoms with E-state index in [1.807, 2.05) is 6.92 Å². The maximum Gasteiger partial charge on any atom is 0.342 e. The highest BCUT2D eigenvalue weighted by Crippen LogP contribution is 2.42. The Kier molecular flexibility index (Phi) is 5.14. The number of esters is 1. The van der Waals surface area contributed by atoms with Crippen molar-refractivity contribution in [1.29, 1.82) is 0 Å². The molecule has 1 aliphatic heterocycles. The number of cyclic esters (lactones) is 1. The third-order valence-corrected chi connectivity index (χ3v) is 5.72. The van der Waals surface area contributed by atoms with E-state index < -0.39 is 8.07 Å². The molecule has 0 amide bonds. The van der Waals surface area contributed by atoms with E-state index >= 15 is 0 Å². The number of hydrogen-bond donors (Lipinski definition) is 0. The van der Waals surface area contributed by atoms with E-state index in [1.54, 1.807) is 7.11 Å². The summed E-state index contributed by atoms with van der Waals surface area (Å²) in [5.74, 6) is 0.674. The number of benzene rings is 1. The minimum Gasteiger partial charge on any atom is -0.496 e. The van der Waals surface area contributed by atoms with Gasteiger partial charge in [-0.25, -0.2) is 4.79 Å². The Labute approximate surface area is 137 Å². The lowest BCUT2D eigenvalue weighted by molar-refractivity contribution is -0.107. The fraction of sp³-hybridized carbons (Fsp3) is 0.529. The van der Waals surface area contributed by atoms with E-state index in [0.717, 1.165) is 23.5 Å². The van der Waals surface area contributed by atoms with Gasteiger partial charge in [-0.2, -0.15) is 0 Å². The monoisotopic (exact) mass is 336 g/mol. The molecule has 0 spiro atoms. The van der Waals surface area contributed by atoms with Crippen LogP contribution in [0.4, 0.5) is 0 Å². The van der Waals surface area contributed by atoms with Crippen molar-refractivity contribution < 1.29 is 23.8 Å². The van der Waals surface area contributed by atoms with Crippen molar-refractivity contribution in [2.45, 2.75) is 45.6 Å². The normalized spacial score (nSPS) is 13.5. The quantitative estimate of drug-likeness (QED) is 0.435. The second-order valence-electron chi connectivity index (χ2n) is 6.93. The lowest BCUT2D eigenvalue weighted by Gasteiger charge is -2.21. The third kappa shape index (κ3) is 3.58. The molecule has 1 aromatic carbocycles. The Balaban J connectivity index is 2.50. The number of aldehydes is 1. The number of fused-ring (bicyclic) bond motifs is 1. The van der Waals surface area contributed by atoms with Gasteiger partial charge in [0.25, 0.3) is 0 Å². The van der Waals surface area contributed by atoms with Crippen LogP contribution in [-0.4, -0.2) is 34.0 Å². The molecule has 1 aromatic rings. The summed E-state index contributed by atoms with van der Waals surface area (Å²) in [6.07, 6.45) is 0.947. The number of carbonyl (C=O) groups excluding carboxylic acids is 2. The van der Waals surface area contributed by atoms with Gasteiger partial charge in [-0.05, 0) is 18.5 Å². The molecule has 0 bridgehead atoms. The summed E-state index contributed by atoms with van der Waals surface area (Å²) in [6.45, 7) is 9.40. The number of rotatable bonds is 7. The summed E-state index contributed by atoms with van der Waals surface area (Å²) in [6, 6.07) is 0.966. The van der Waals surface area contributed by atoms with Gasteiger partial charge in [0, 0.05) is 25.6 Å². The van der Waals surface area contributed by atoms with Crippen LogP contribution in [0.3, 0.4) is 0 Å².